The molecule has 1 aromatic rings. The van der Waals surface area contributed by atoms with Crippen molar-refractivity contribution in [1.29, 1.82) is 0 Å². The van der Waals surface area contributed by atoms with E-state index in [0.29, 0.717) is 44.5 Å². The lowest BCUT2D eigenvalue weighted by Gasteiger charge is -2.36. The van der Waals surface area contributed by atoms with Crippen LogP contribution in [0.15, 0.2) is 24.3 Å². The third kappa shape index (κ3) is 5.51. The van der Waals surface area contributed by atoms with Crippen molar-refractivity contribution in [3.05, 3.63) is 24.3 Å². The van der Waals surface area contributed by atoms with Crippen LogP contribution in [0.3, 0.4) is 0 Å². The van der Waals surface area contributed by atoms with E-state index in [1.807, 2.05) is 7.05 Å². The first kappa shape index (κ1) is 21.2. The molecule has 0 bridgehead atoms. The van der Waals surface area contributed by atoms with Gasteiger partial charge in [-0.15, -0.1) is 13.2 Å². The first-order chi connectivity index (χ1) is 13.1. The smallest absolute Gasteiger partial charge is 0.490 e. The molecule has 0 amide bonds. The Labute approximate surface area is 163 Å². The monoisotopic (exact) mass is 422 g/mol. The number of piperidine rings is 2. The fourth-order valence-corrected chi connectivity index (χ4v) is 5.56. The topological polar surface area (TPSA) is 59.1 Å². The lowest BCUT2D eigenvalue weighted by Crippen LogP contribution is -2.48. The molecule has 2 aliphatic heterocycles. The van der Waals surface area contributed by atoms with Gasteiger partial charge in [-0.2, -0.15) is 0 Å². The fraction of sp³-hybridized carbons (Fsp3) is 0.667. The van der Waals surface area contributed by atoms with Crippen molar-refractivity contribution in [2.75, 3.05) is 33.2 Å². The number of hydrogen-bond acceptors (Lipinski definition) is 5. The lowest BCUT2D eigenvalue weighted by atomic mass is 10.1. The van der Waals surface area contributed by atoms with Crippen LogP contribution < -0.4 is 9.47 Å². The first-order valence-electron chi connectivity index (χ1n) is 9.33. The Bertz CT molecular complexity index is 739. The quantitative estimate of drug-likeness (QED) is 0.730. The summed E-state index contributed by atoms with van der Waals surface area (Å²) in [6.07, 6.45) is -2.49. The fourth-order valence-electron chi connectivity index (χ4n) is 3.61. The van der Waals surface area contributed by atoms with E-state index < -0.39 is 16.4 Å². The van der Waals surface area contributed by atoms with Gasteiger partial charge in [-0.3, -0.25) is 0 Å². The minimum atomic E-state index is -4.73. The summed E-state index contributed by atoms with van der Waals surface area (Å²) in [7, 11) is -1.31. The summed E-state index contributed by atoms with van der Waals surface area (Å²) in [5.74, 6) is 0.130. The summed E-state index contributed by atoms with van der Waals surface area (Å²) in [5, 5.41) is -0.317. The highest BCUT2D eigenvalue weighted by molar-refractivity contribution is 7.89. The number of hydrogen-bond donors (Lipinski definition) is 0. The van der Waals surface area contributed by atoms with Crippen molar-refractivity contribution in [2.45, 2.75) is 43.4 Å². The number of sulfonamides is 1. The molecule has 2 fully saturated rings. The third-order valence-corrected chi connectivity index (χ3v) is 7.61. The van der Waals surface area contributed by atoms with Crippen LogP contribution in [0.25, 0.3) is 0 Å². The van der Waals surface area contributed by atoms with Gasteiger partial charge in [0.25, 0.3) is 0 Å². The zero-order chi connectivity index (χ0) is 20.4. The van der Waals surface area contributed by atoms with E-state index in [-0.39, 0.29) is 17.1 Å². The van der Waals surface area contributed by atoms with Gasteiger partial charge in [-0.05, 0) is 70.1 Å². The van der Waals surface area contributed by atoms with Crippen molar-refractivity contribution in [2.24, 2.45) is 0 Å². The number of alkyl halides is 3. The van der Waals surface area contributed by atoms with Crippen LogP contribution in [0.4, 0.5) is 13.2 Å². The molecule has 0 saturated carbocycles. The minimum Gasteiger partial charge on any atom is -0.490 e. The van der Waals surface area contributed by atoms with Crippen LogP contribution in [-0.2, 0) is 10.0 Å². The van der Waals surface area contributed by atoms with Gasteiger partial charge >= 0.3 is 6.36 Å². The Balaban J connectivity index is 1.50. The second-order valence-electron chi connectivity index (χ2n) is 7.28. The predicted molar refractivity (Wildman–Crippen MR) is 97.8 cm³/mol. The van der Waals surface area contributed by atoms with Gasteiger partial charge in [0.05, 0.1) is 5.25 Å². The number of nitrogens with zero attached hydrogens (tertiary/aromatic N) is 2. The highest BCUT2D eigenvalue weighted by Gasteiger charge is 2.36. The van der Waals surface area contributed by atoms with Crippen molar-refractivity contribution in [1.82, 2.24) is 9.21 Å². The van der Waals surface area contributed by atoms with Crippen LogP contribution in [0.2, 0.25) is 0 Å². The van der Waals surface area contributed by atoms with E-state index in [0.717, 1.165) is 13.1 Å². The van der Waals surface area contributed by atoms with E-state index >= 15 is 0 Å². The molecule has 0 N–H and O–H groups in total. The first-order valence-corrected chi connectivity index (χ1v) is 10.8. The zero-order valence-corrected chi connectivity index (χ0v) is 16.5. The molecule has 3 rings (SSSR count). The number of rotatable bonds is 5. The van der Waals surface area contributed by atoms with Crippen LogP contribution in [-0.4, -0.2) is 68.6 Å². The molecule has 0 radical (unpaired) electrons. The molecule has 0 atom stereocenters. The summed E-state index contributed by atoms with van der Waals surface area (Å²) in [5.41, 5.74) is 0. The van der Waals surface area contributed by atoms with Gasteiger partial charge in [0.15, 0.2) is 0 Å². The molecule has 28 heavy (non-hydrogen) atoms. The second kappa shape index (κ2) is 8.46. The molecule has 2 aliphatic rings. The molecule has 1 aromatic carbocycles. The Kier molecular flexibility index (Phi) is 6.41. The molecule has 0 spiro atoms. The second-order valence-corrected chi connectivity index (χ2v) is 9.50. The molecular formula is C18H25F3N2O4S. The zero-order valence-electron chi connectivity index (χ0n) is 15.7. The Hall–Kier alpha value is -1.52. The van der Waals surface area contributed by atoms with Crippen LogP contribution >= 0.6 is 0 Å². The van der Waals surface area contributed by atoms with Crippen molar-refractivity contribution in [3.8, 4) is 11.5 Å². The van der Waals surface area contributed by atoms with Gasteiger partial charge in [-0.25, -0.2) is 12.7 Å². The van der Waals surface area contributed by atoms with Gasteiger partial charge < -0.3 is 14.4 Å². The predicted octanol–water partition coefficient (Wildman–Crippen LogP) is 2.85. The summed E-state index contributed by atoms with van der Waals surface area (Å²) >= 11 is 0. The van der Waals surface area contributed by atoms with Crippen LogP contribution in [0.1, 0.15) is 25.7 Å². The molecule has 158 valence electrons. The SMILES string of the molecule is CN1CCC(S(=O)(=O)N2CCC(Oc3ccc(OC(F)(F)F)cc3)CC2)CC1. The van der Waals surface area contributed by atoms with Crippen LogP contribution in [0, 0.1) is 0 Å². The number of benzene rings is 1. The van der Waals surface area contributed by atoms with Crippen molar-refractivity contribution >= 4 is 10.0 Å². The molecule has 0 unspecified atom stereocenters. The van der Waals surface area contributed by atoms with Crippen molar-refractivity contribution < 1.29 is 31.1 Å². The van der Waals surface area contributed by atoms with Gasteiger partial charge in [0.2, 0.25) is 10.0 Å². The van der Waals surface area contributed by atoms with E-state index in [1.165, 1.54) is 24.3 Å². The maximum Gasteiger partial charge on any atom is 0.573 e. The average Bonchev–Trinajstić information content (AvgIpc) is 2.63. The molecule has 0 aliphatic carbocycles. The molecule has 0 aromatic heterocycles. The summed E-state index contributed by atoms with van der Waals surface area (Å²) in [6.45, 7) is 2.37. The summed E-state index contributed by atoms with van der Waals surface area (Å²) in [6, 6.07) is 5.23. The van der Waals surface area contributed by atoms with E-state index in [1.54, 1.807) is 4.31 Å². The highest BCUT2D eigenvalue weighted by Crippen LogP contribution is 2.28. The van der Waals surface area contributed by atoms with E-state index in [4.69, 9.17) is 4.74 Å². The maximum absolute atomic E-state index is 12.8. The largest absolute Gasteiger partial charge is 0.573 e. The normalized spacial score (nSPS) is 21.6. The number of halogens is 3. The molecule has 6 nitrogen and oxygen atoms in total. The highest BCUT2D eigenvalue weighted by atomic mass is 32.2. The van der Waals surface area contributed by atoms with Gasteiger partial charge in [0.1, 0.15) is 17.6 Å². The van der Waals surface area contributed by atoms with E-state index in [2.05, 4.69) is 9.64 Å². The third-order valence-electron chi connectivity index (χ3n) is 5.21. The number of ether oxygens (including phenoxy) is 2. The molecule has 2 saturated heterocycles. The van der Waals surface area contributed by atoms with Gasteiger partial charge in [-0.1, -0.05) is 0 Å². The Morgan fingerprint density at radius 2 is 1.46 bits per heavy atom. The number of likely N-dealkylation sites (tertiary alicyclic amines) is 1. The van der Waals surface area contributed by atoms with Gasteiger partial charge in [0, 0.05) is 13.1 Å². The van der Waals surface area contributed by atoms with Crippen LogP contribution in [0.5, 0.6) is 11.5 Å². The Morgan fingerprint density at radius 3 is 2.00 bits per heavy atom. The van der Waals surface area contributed by atoms with E-state index in [9.17, 15) is 21.6 Å². The molecule has 10 heteroatoms. The molecule has 2 heterocycles. The minimum absolute atomic E-state index is 0.168. The average molecular weight is 422 g/mol. The molecular weight excluding hydrogens is 397 g/mol. The summed E-state index contributed by atoms with van der Waals surface area (Å²) < 4.78 is 73.4. The summed E-state index contributed by atoms with van der Waals surface area (Å²) in [4.78, 5) is 2.14. The standard InChI is InChI=1S/C18H25F3N2O4S/c1-22-10-8-17(9-11-22)28(24,25)23-12-6-15(7-13-23)26-14-2-4-16(5-3-14)27-18(19,20)21/h2-5,15,17H,6-13H2,1H3. The van der Waals surface area contributed by atoms with Crippen molar-refractivity contribution in [3.63, 3.8) is 0 Å². The Morgan fingerprint density at radius 1 is 0.929 bits per heavy atom. The maximum atomic E-state index is 12.8. The lowest BCUT2D eigenvalue weighted by molar-refractivity contribution is -0.274.